The zero-order valence-electron chi connectivity index (χ0n) is 13.2. The summed E-state index contributed by atoms with van der Waals surface area (Å²) < 4.78 is 5.77. The fraction of sp³-hybridized carbons (Fsp3) is 0.611. The molecule has 2 aliphatic rings. The summed E-state index contributed by atoms with van der Waals surface area (Å²) in [4.78, 5) is 16.8. The van der Waals surface area contributed by atoms with Gasteiger partial charge in [0.1, 0.15) is 12.4 Å². The second-order valence-corrected chi connectivity index (χ2v) is 6.31. The molecule has 1 aromatic rings. The topological polar surface area (TPSA) is 32.8 Å². The molecule has 2 fully saturated rings. The molecule has 0 radical (unpaired) electrons. The van der Waals surface area contributed by atoms with E-state index in [1.807, 2.05) is 30.3 Å². The van der Waals surface area contributed by atoms with Crippen molar-refractivity contribution in [3.05, 3.63) is 30.3 Å². The standard InChI is InChI=1S/C18H26N2O2/c21-18(16-6-4-7-16)20-11-5-10-19(12-13-20)14-15-22-17-8-2-1-3-9-17/h1-3,8-9,16H,4-7,10-15H2. The van der Waals surface area contributed by atoms with Gasteiger partial charge >= 0.3 is 0 Å². The first-order valence-corrected chi connectivity index (χ1v) is 8.52. The highest BCUT2D eigenvalue weighted by Gasteiger charge is 2.30. The Morgan fingerprint density at radius 2 is 1.86 bits per heavy atom. The first-order valence-electron chi connectivity index (χ1n) is 8.52. The lowest BCUT2D eigenvalue weighted by molar-refractivity contribution is -0.138. The monoisotopic (exact) mass is 302 g/mol. The fourth-order valence-corrected chi connectivity index (χ4v) is 3.14. The number of benzene rings is 1. The maximum atomic E-state index is 12.3. The normalized spacial score (nSPS) is 20.3. The molecule has 0 unspecified atom stereocenters. The van der Waals surface area contributed by atoms with E-state index in [4.69, 9.17) is 4.74 Å². The molecule has 4 heteroatoms. The summed E-state index contributed by atoms with van der Waals surface area (Å²) in [5.74, 6) is 1.65. The number of carbonyl (C=O) groups excluding carboxylic acids is 1. The molecule has 22 heavy (non-hydrogen) atoms. The van der Waals surface area contributed by atoms with Gasteiger partial charge in [0.05, 0.1) is 0 Å². The highest BCUT2D eigenvalue weighted by molar-refractivity contribution is 5.79. The minimum Gasteiger partial charge on any atom is -0.492 e. The molecule has 120 valence electrons. The van der Waals surface area contributed by atoms with Gasteiger partial charge in [-0.15, -0.1) is 0 Å². The highest BCUT2D eigenvalue weighted by atomic mass is 16.5. The van der Waals surface area contributed by atoms with Crippen LogP contribution in [0.2, 0.25) is 0 Å². The number of hydrogen-bond acceptors (Lipinski definition) is 3. The van der Waals surface area contributed by atoms with Gasteiger partial charge < -0.3 is 9.64 Å². The maximum Gasteiger partial charge on any atom is 0.225 e. The molecule has 1 saturated carbocycles. The molecule has 0 aromatic heterocycles. The Labute approximate surface area is 133 Å². The lowest BCUT2D eigenvalue weighted by Gasteiger charge is -2.31. The average Bonchev–Trinajstić information content (AvgIpc) is 2.72. The average molecular weight is 302 g/mol. The number of amides is 1. The molecule has 1 aliphatic carbocycles. The number of carbonyl (C=O) groups is 1. The first-order chi connectivity index (χ1) is 10.8. The molecule has 3 rings (SSSR count). The second-order valence-electron chi connectivity index (χ2n) is 6.31. The van der Waals surface area contributed by atoms with Crippen LogP contribution in [0.4, 0.5) is 0 Å². The van der Waals surface area contributed by atoms with Gasteiger partial charge in [0.15, 0.2) is 0 Å². The number of para-hydroxylation sites is 1. The third kappa shape index (κ3) is 4.01. The molecule has 0 bridgehead atoms. The predicted molar refractivity (Wildman–Crippen MR) is 86.9 cm³/mol. The van der Waals surface area contributed by atoms with Gasteiger partial charge in [-0.1, -0.05) is 24.6 Å². The summed E-state index contributed by atoms with van der Waals surface area (Å²) in [6.45, 7) is 5.47. The number of nitrogens with zero attached hydrogens (tertiary/aromatic N) is 2. The van der Waals surface area contributed by atoms with Crippen molar-refractivity contribution >= 4 is 5.91 Å². The van der Waals surface area contributed by atoms with E-state index in [0.29, 0.717) is 18.4 Å². The smallest absolute Gasteiger partial charge is 0.225 e. The summed E-state index contributed by atoms with van der Waals surface area (Å²) in [5, 5.41) is 0. The zero-order valence-corrected chi connectivity index (χ0v) is 13.2. The first kappa shape index (κ1) is 15.3. The van der Waals surface area contributed by atoms with Crippen molar-refractivity contribution in [3.8, 4) is 5.75 Å². The fourth-order valence-electron chi connectivity index (χ4n) is 3.14. The van der Waals surface area contributed by atoms with Crippen molar-refractivity contribution in [2.75, 3.05) is 39.3 Å². The van der Waals surface area contributed by atoms with Gasteiger partial charge in [0.25, 0.3) is 0 Å². The Balaban J connectivity index is 1.39. The Morgan fingerprint density at radius 3 is 2.59 bits per heavy atom. The molecule has 4 nitrogen and oxygen atoms in total. The molecule has 1 aromatic carbocycles. The van der Waals surface area contributed by atoms with Gasteiger partial charge in [-0.25, -0.2) is 0 Å². The predicted octanol–water partition coefficient (Wildman–Crippen LogP) is 2.40. The summed E-state index contributed by atoms with van der Waals surface area (Å²) >= 11 is 0. The number of hydrogen-bond donors (Lipinski definition) is 0. The third-order valence-corrected chi connectivity index (χ3v) is 4.77. The molecule has 1 saturated heterocycles. The molecule has 1 aliphatic heterocycles. The van der Waals surface area contributed by atoms with E-state index in [1.54, 1.807) is 0 Å². The Bertz CT molecular complexity index is 473. The van der Waals surface area contributed by atoms with Gasteiger partial charge in [-0.2, -0.15) is 0 Å². The Hall–Kier alpha value is -1.55. The van der Waals surface area contributed by atoms with Crippen LogP contribution >= 0.6 is 0 Å². The van der Waals surface area contributed by atoms with Gasteiger partial charge in [0.2, 0.25) is 5.91 Å². The Kier molecular flexibility index (Phi) is 5.33. The van der Waals surface area contributed by atoms with Crippen molar-refractivity contribution in [2.45, 2.75) is 25.7 Å². The van der Waals surface area contributed by atoms with Crippen LogP contribution < -0.4 is 4.74 Å². The van der Waals surface area contributed by atoms with E-state index in [0.717, 1.165) is 57.7 Å². The van der Waals surface area contributed by atoms with E-state index in [9.17, 15) is 4.79 Å². The van der Waals surface area contributed by atoms with Crippen LogP contribution in [-0.4, -0.2) is 55.0 Å². The largest absolute Gasteiger partial charge is 0.492 e. The number of ether oxygens (including phenoxy) is 1. The van der Waals surface area contributed by atoms with E-state index < -0.39 is 0 Å². The minimum atomic E-state index is 0.327. The second kappa shape index (κ2) is 7.63. The lowest BCUT2D eigenvalue weighted by Crippen LogP contribution is -2.41. The van der Waals surface area contributed by atoms with Gasteiger partial charge in [-0.05, 0) is 31.4 Å². The van der Waals surface area contributed by atoms with Crippen molar-refractivity contribution in [1.29, 1.82) is 0 Å². The SMILES string of the molecule is O=C(C1CCC1)N1CCCN(CCOc2ccccc2)CC1. The summed E-state index contributed by atoms with van der Waals surface area (Å²) in [6, 6.07) is 9.95. The van der Waals surface area contributed by atoms with Crippen LogP contribution in [0.5, 0.6) is 5.75 Å². The van der Waals surface area contributed by atoms with Crippen LogP contribution in [0.15, 0.2) is 30.3 Å². The van der Waals surface area contributed by atoms with Crippen LogP contribution in [0.25, 0.3) is 0 Å². The van der Waals surface area contributed by atoms with E-state index in [-0.39, 0.29) is 0 Å². The summed E-state index contributed by atoms with van der Waals surface area (Å²) in [7, 11) is 0. The van der Waals surface area contributed by atoms with Crippen LogP contribution in [0, 0.1) is 5.92 Å². The third-order valence-electron chi connectivity index (χ3n) is 4.77. The highest BCUT2D eigenvalue weighted by Crippen LogP contribution is 2.28. The number of rotatable bonds is 5. The summed E-state index contributed by atoms with van der Waals surface area (Å²) in [5.41, 5.74) is 0. The maximum absolute atomic E-state index is 12.3. The van der Waals surface area contributed by atoms with Crippen molar-refractivity contribution in [3.63, 3.8) is 0 Å². The molecular weight excluding hydrogens is 276 g/mol. The van der Waals surface area contributed by atoms with Crippen LogP contribution in [0.3, 0.4) is 0 Å². The molecule has 0 N–H and O–H groups in total. The van der Waals surface area contributed by atoms with E-state index in [1.165, 1.54) is 6.42 Å². The van der Waals surface area contributed by atoms with Crippen LogP contribution in [-0.2, 0) is 4.79 Å². The van der Waals surface area contributed by atoms with Crippen LogP contribution in [0.1, 0.15) is 25.7 Å². The van der Waals surface area contributed by atoms with Gasteiger partial charge in [0, 0.05) is 38.6 Å². The van der Waals surface area contributed by atoms with Crippen molar-refractivity contribution in [1.82, 2.24) is 9.80 Å². The zero-order chi connectivity index (χ0) is 15.2. The quantitative estimate of drug-likeness (QED) is 0.837. The van der Waals surface area contributed by atoms with E-state index in [2.05, 4.69) is 9.80 Å². The Morgan fingerprint density at radius 1 is 1.05 bits per heavy atom. The minimum absolute atomic E-state index is 0.327. The molecule has 1 amide bonds. The van der Waals surface area contributed by atoms with Crippen molar-refractivity contribution in [2.24, 2.45) is 5.92 Å². The lowest BCUT2D eigenvalue weighted by atomic mass is 9.84. The van der Waals surface area contributed by atoms with Crippen molar-refractivity contribution < 1.29 is 9.53 Å². The van der Waals surface area contributed by atoms with E-state index >= 15 is 0 Å². The van der Waals surface area contributed by atoms with Gasteiger partial charge in [-0.3, -0.25) is 9.69 Å². The molecular formula is C18H26N2O2. The molecule has 1 heterocycles. The molecule has 0 spiro atoms. The summed E-state index contributed by atoms with van der Waals surface area (Å²) in [6.07, 6.45) is 4.50. The molecule has 0 atom stereocenters.